The molecule has 1 aromatic carbocycles. The highest BCUT2D eigenvalue weighted by molar-refractivity contribution is 5.90. The average Bonchev–Trinajstić information content (AvgIpc) is 2.74. The van der Waals surface area contributed by atoms with Crippen molar-refractivity contribution in [2.45, 2.75) is 13.8 Å². The molecule has 9 nitrogen and oxygen atoms in total. The topological polar surface area (TPSA) is 96.9 Å². The van der Waals surface area contributed by atoms with Crippen LogP contribution in [0.15, 0.2) is 36.4 Å². The number of amides is 2. The van der Waals surface area contributed by atoms with Crippen molar-refractivity contribution < 1.29 is 19.1 Å². The number of carbonyl (C=O) groups excluding carboxylic acids is 2. The molecule has 29 heavy (non-hydrogen) atoms. The number of nitrogens with one attached hydrogen (secondary N) is 1. The first-order valence-corrected chi connectivity index (χ1v) is 9.55. The number of hydrogen-bond donors (Lipinski definition) is 1. The number of nitrogens with zero attached hydrogens (tertiary/aromatic N) is 4. The number of piperazine rings is 1. The molecule has 9 heteroatoms. The molecule has 154 valence electrons. The molecule has 0 aliphatic carbocycles. The Bertz CT molecular complexity index is 818. The molecule has 1 N–H and O–H groups in total. The van der Waals surface area contributed by atoms with E-state index in [-0.39, 0.29) is 18.6 Å². The highest BCUT2D eigenvalue weighted by Crippen LogP contribution is 2.15. The molecule has 1 aliphatic rings. The molecule has 1 aromatic heterocycles. The summed E-state index contributed by atoms with van der Waals surface area (Å²) in [6.45, 7) is 6.45. The molecule has 0 atom stereocenters. The van der Waals surface area contributed by atoms with Gasteiger partial charge in [-0.1, -0.05) is 17.7 Å². The summed E-state index contributed by atoms with van der Waals surface area (Å²) in [4.78, 5) is 27.5. The number of hydrogen-bond acceptors (Lipinski definition) is 7. The number of ether oxygens (including phenoxy) is 2. The third kappa shape index (κ3) is 5.81. The minimum absolute atomic E-state index is 0.109. The van der Waals surface area contributed by atoms with Gasteiger partial charge in [-0.3, -0.25) is 4.79 Å². The first kappa shape index (κ1) is 20.4. The quantitative estimate of drug-likeness (QED) is 0.794. The second kappa shape index (κ2) is 9.72. The molecule has 0 unspecified atom stereocenters. The molecule has 0 bridgehead atoms. The Balaban J connectivity index is 1.45. The highest BCUT2D eigenvalue weighted by atomic mass is 16.6. The third-order valence-corrected chi connectivity index (χ3v) is 4.44. The van der Waals surface area contributed by atoms with Crippen LogP contribution in [0.4, 0.5) is 16.4 Å². The zero-order valence-electron chi connectivity index (χ0n) is 16.6. The number of aromatic nitrogens is 2. The molecule has 3 rings (SSSR count). The molecule has 1 fully saturated rings. The van der Waals surface area contributed by atoms with Gasteiger partial charge >= 0.3 is 6.09 Å². The van der Waals surface area contributed by atoms with Crippen LogP contribution < -0.4 is 15.0 Å². The lowest BCUT2D eigenvalue weighted by atomic mass is 10.2. The SMILES string of the molecule is CCOC(=O)N1CCN(c2ccc(NC(=O)COc3ccc(C)cc3)nn2)CC1. The zero-order chi connectivity index (χ0) is 20.6. The van der Waals surface area contributed by atoms with Gasteiger partial charge in [-0.15, -0.1) is 10.2 Å². The van der Waals surface area contributed by atoms with Crippen LogP contribution >= 0.6 is 0 Å². The van der Waals surface area contributed by atoms with E-state index in [1.165, 1.54) is 0 Å². The lowest BCUT2D eigenvalue weighted by Gasteiger charge is -2.34. The predicted octanol–water partition coefficient (Wildman–Crippen LogP) is 2.08. The fourth-order valence-electron chi connectivity index (χ4n) is 2.86. The molecular weight excluding hydrogens is 374 g/mol. The predicted molar refractivity (Wildman–Crippen MR) is 108 cm³/mol. The van der Waals surface area contributed by atoms with E-state index >= 15 is 0 Å². The van der Waals surface area contributed by atoms with Crippen molar-refractivity contribution in [2.75, 3.05) is 49.6 Å². The van der Waals surface area contributed by atoms with Crippen LogP contribution in [0, 0.1) is 6.92 Å². The Morgan fingerprint density at radius 1 is 1.03 bits per heavy atom. The van der Waals surface area contributed by atoms with Gasteiger partial charge in [0.15, 0.2) is 18.2 Å². The van der Waals surface area contributed by atoms with E-state index in [0.29, 0.717) is 50.2 Å². The Labute approximate surface area is 169 Å². The Kier molecular flexibility index (Phi) is 6.83. The van der Waals surface area contributed by atoms with Crippen LogP contribution in [-0.2, 0) is 9.53 Å². The Morgan fingerprint density at radius 2 is 1.76 bits per heavy atom. The van der Waals surface area contributed by atoms with Crippen molar-refractivity contribution in [1.82, 2.24) is 15.1 Å². The summed E-state index contributed by atoms with van der Waals surface area (Å²) in [5, 5.41) is 10.9. The van der Waals surface area contributed by atoms with Crippen LogP contribution in [0.5, 0.6) is 5.75 Å². The van der Waals surface area contributed by atoms with Crippen LogP contribution in [0.1, 0.15) is 12.5 Å². The van der Waals surface area contributed by atoms with Gasteiger partial charge in [0, 0.05) is 26.2 Å². The lowest BCUT2D eigenvalue weighted by molar-refractivity contribution is -0.118. The number of aryl methyl sites for hydroxylation is 1. The highest BCUT2D eigenvalue weighted by Gasteiger charge is 2.22. The zero-order valence-corrected chi connectivity index (χ0v) is 16.6. The second-order valence-electron chi connectivity index (χ2n) is 6.60. The number of benzene rings is 1. The summed E-state index contributed by atoms with van der Waals surface area (Å²) in [7, 11) is 0. The fourth-order valence-corrected chi connectivity index (χ4v) is 2.86. The van der Waals surface area contributed by atoms with E-state index < -0.39 is 0 Å². The molecule has 0 spiro atoms. The van der Waals surface area contributed by atoms with Gasteiger partial charge in [0.05, 0.1) is 6.61 Å². The third-order valence-electron chi connectivity index (χ3n) is 4.44. The van der Waals surface area contributed by atoms with Gasteiger partial charge < -0.3 is 24.6 Å². The Hall–Kier alpha value is -3.36. The van der Waals surface area contributed by atoms with Gasteiger partial charge in [0.25, 0.3) is 5.91 Å². The fraction of sp³-hybridized carbons (Fsp3) is 0.400. The van der Waals surface area contributed by atoms with Gasteiger partial charge in [0.2, 0.25) is 0 Å². The van der Waals surface area contributed by atoms with Crippen molar-refractivity contribution in [3.63, 3.8) is 0 Å². The van der Waals surface area contributed by atoms with Crippen LogP contribution in [-0.4, -0.2) is 66.5 Å². The molecular formula is C20H25N5O4. The first-order valence-electron chi connectivity index (χ1n) is 9.55. The van der Waals surface area contributed by atoms with Crippen molar-refractivity contribution in [3.8, 4) is 5.75 Å². The van der Waals surface area contributed by atoms with Crippen molar-refractivity contribution >= 4 is 23.6 Å². The van der Waals surface area contributed by atoms with Crippen LogP contribution in [0.25, 0.3) is 0 Å². The van der Waals surface area contributed by atoms with E-state index in [0.717, 1.165) is 5.56 Å². The van der Waals surface area contributed by atoms with Crippen molar-refractivity contribution in [3.05, 3.63) is 42.0 Å². The first-order chi connectivity index (χ1) is 14.0. The Morgan fingerprint density at radius 3 is 2.38 bits per heavy atom. The number of carbonyl (C=O) groups is 2. The monoisotopic (exact) mass is 399 g/mol. The summed E-state index contributed by atoms with van der Waals surface area (Å²) in [5.41, 5.74) is 1.12. The van der Waals surface area contributed by atoms with Gasteiger partial charge in [-0.05, 0) is 38.1 Å². The maximum absolute atomic E-state index is 12.0. The summed E-state index contributed by atoms with van der Waals surface area (Å²) >= 11 is 0. The molecule has 1 aliphatic heterocycles. The van der Waals surface area contributed by atoms with Crippen LogP contribution in [0.2, 0.25) is 0 Å². The summed E-state index contributed by atoms with van der Waals surface area (Å²) in [6, 6.07) is 11.0. The smallest absolute Gasteiger partial charge is 0.409 e. The molecule has 2 aromatic rings. The number of rotatable bonds is 6. The van der Waals surface area contributed by atoms with Crippen molar-refractivity contribution in [1.29, 1.82) is 0 Å². The van der Waals surface area contributed by atoms with Crippen LogP contribution in [0.3, 0.4) is 0 Å². The lowest BCUT2D eigenvalue weighted by Crippen LogP contribution is -2.49. The normalized spacial score (nSPS) is 13.7. The van der Waals surface area contributed by atoms with E-state index in [9.17, 15) is 9.59 Å². The maximum atomic E-state index is 12.0. The second-order valence-corrected chi connectivity index (χ2v) is 6.60. The van der Waals surface area contributed by atoms with E-state index in [1.807, 2.05) is 36.1 Å². The van der Waals surface area contributed by atoms with Crippen molar-refractivity contribution in [2.24, 2.45) is 0 Å². The van der Waals surface area contributed by atoms with E-state index in [4.69, 9.17) is 9.47 Å². The minimum Gasteiger partial charge on any atom is -0.484 e. The largest absolute Gasteiger partial charge is 0.484 e. The summed E-state index contributed by atoms with van der Waals surface area (Å²) < 4.78 is 10.5. The van der Waals surface area contributed by atoms with Gasteiger partial charge in [-0.25, -0.2) is 4.79 Å². The maximum Gasteiger partial charge on any atom is 0.409 e. The molecule has 2 heterocycles. The van der Waals surface area contributed by atoms with E-state index in [1.54, 1.807) is 24.0 Å². The van der Waals surface area contributed by atoms with Gasteiger partial charge in [0.1, 0.15) is 5.75 Å². The average molecular weight is 399 g/mol. The summed E-state index contributed by atoms with van der Waals surface area (Å²) in [6.07, 6.45) is -0.288. The molecule has 2 amide bonds. The number of anilines is 2. The van der Waals surface area contributed by atoms with Gasteiger partial charge in [-0.2, -0.15) is 0 Å². The minimum atomic E-state index is -0.310. The molecule has 0 radical (unpaired) electrons. The van der Waals surface area contributed by atoms with E-state index in [2.05, 4.69) is 15.5 Å². The standard InChI is InChI=1S/C20H25N5O4/c1-3-28-20(27)25-12-10-24(11-13-25)18-9-8-17(22-23-18)21-19(26)14-29-16-6-4-15(2)5-7-16/h4-9H,3,10-14H2,1-2H3,(H,21,22,26). The molecule has 1 saturated heterocycles. The molecule has 0 saturated carbocycles. The summed E-state index contributed by atoms with van der Waals surface area (Å²) in [5.74, 6) is 1.38.